The zero-order valence-corrected chi connectivity index (χ0v) is 19.0. The number of alkyl halides is 9. The third kappa shape index (κ3) is 6.29. The molecule has 0 atom stereocenters. The van der Waals surface area contributed by atoms with Crippen LogP contribution in [0.1, 0.15) is 0 Å². The second-order valence-electron chi connectivity index (χ2n) is 6.08. The molecule has 204 valence electrons. The van der Waals surface area contributed by atoms with Crippen LogP contribution in [0.5, 0.6) is 0 Å². The topological polar surface area (TPSA) is 57.2 Å². The lowest BCUT2D eigenvalue weighted by molar-refractivity contribution is -0.609. The van der Waals surface area contributed by atoms with E-state index < -0.39 is 96.6 Å². The Labute approximate surface area is 199 Å². The van der Waals surface area contributed by atoms with Crippen LogP contribution < -0.4 is 21.2 Å². The largest absolute Gasteiger partial charge is 0.743 e. The van der Waals surface area contributed by atoms with Crippen LogP contribution in [-0.2, 0) is 10.1 Å². The highest BCUT2D eigenvalue weighted by molar-refractivity contribution is 7.86. The van der Waals surface area contributed by atoms with Crippen molar-refractivity contribution in [2.75, 3.05) is 0 Å². The minimum Gasteiger partial charge on any atom is -0.743 e. The molecule has 0 aromatic heterocycles. The van der Waals surface area contributed by atoms with E-state index in [4.69, 9.17) is 0 Å². The van der Waals surface area contributed by atoms with Crippen LogP contribution in [0.15, 0.2) is 24.3 Å². The van der Waals surface area contributed by atoms with Gasteiger partial charge in [-0.15, -0.1) is 0 Å². The maximum atomic E-state index is 13.4. The second kappa shape index (κ2) is 10.4. The van der Waals surface area contributed by atoms with Gasteiger partial charge in [0, 0.05) is 24.3 Å². The van der Waals surface area contributed by atoms with Gasteiger partial charge in [-0.25, -0.2) is 34.8 Å². The van der Waals surface area contributed by atoms with Gasteiger partial charge in [-0.2, -0.15) is 39.5 Å². The maximum Gasteiger partial charge on any atom is 0.460 e. The lowest BCUT2D eigenvalue weighted by Crippen LogP contribution is -3.62. The van der Waals surface area contributed by atoms with E-state index in [1.165, 1.54) is 0 Å². The average molecular weight is 688 g/mol. The van der Waals surface area contributed by atoms with Gasteiger partial charge in [-0.3, -0.25) is 0 Å². The third-order valence-electron chi connectivity index (χ3n) is 3.52. The summed E-state index contributed by atoms with van der Waals surface area (Å²) in [5, 5.41) is -7.11. The van der Waals surface area contributed by atoms with E-state index in [1.54, 1.807) is 0 Å². The SMILES string of the molecule is Fc1cc(F)c([I+]c2c(F)cc(F)cc2F)c(F)c1.O=S(=O)([O-])C(F)(F)C(F)(F)C(F)(F)C(F)(F)F. The molecule has 0 aliphatic rings. The fourth-order valence-corrected chi connectivity index (χ4v) is 4.48. The molecule has 0 radical (unpaired) electrons. The smallest absolute Gasteiger partial charge is 0.460 e. The van der Waals surface area contributed by atoms with Gasteiger partial charge >= 0.3 is 44.5 Å². The highest BCUT2D eigenvalue weighted by Crippen LogP contribution is 2.54. The van der Waals surface area contributed by atoms with Gasteiger partial charge < -0.3 is 4.55 Å². The van der Waals surface area contributed by atoms with Crippen molar-refractivity contribution in [3.8, 4) is 0 Å². The fourth-order valence-electron chi connectivity index (χ4n) is 1.84. The summed E-state index contributed by atoms with van der Waals surface area (Å²) in [6.45, 7) is 0. The summed E-state index contributed by atoms with van der Waals surface area (Å²) >= 11 is -1.92. The number of halogens is 16. The first-order chi connectivity index (χ1) is 15.9. The zero-order chi connectivity index (χ0) is 28.7. The summed E-state index contributed by atoms with van der Waals surface area (Å²) in [6.07, 6.45) is -7.16. The highest BCUT2D eigenvalue weighted by Gasteiger charge is 2.83. The predicted octanol–water partition coefficient (Wildman–Crippen LogP) is 2.61. The van der Waals surface area contributed by atoms with Crippen LogP contribution in [0.4, 0.5) is 65.9 Å². The molecule has 2 aromatic rings. The predicted molar refractivity (Wildman–Crippen MR) is 80.6 cm³/mol. The Kier molecular flexibility index (Phi) is 9.28. The molecule has 36 heavy (non-hydrogen) atoms. The van der Waals surface area contributed by atoms with E-state index in [0.717, 1.165) is 0 Å². The first-order valence-electron chi connectivity index (χ1n) is 7.98. The monoisotopic (exact) mass is 688 g/mol. The first-order valence-corrected chi connectivity index (χ1v) is 11.5. The Morgan fingerprint density at radius 3 is 1.08 bits per heavy atom. The minimum absolute atomic E-state index is 0.428. The van der Waals surface area contributed by atoms with E-state index in [1.807, 2.05) is 0 Å². The molecule has 0 fully saturated rings. The Morgan fingerprint density at radius 1 is 0.583 bits per heavy atom. The van der Waals surface area contributed by atoms with Crippen molar-refractivity contribution >= 4 is 10.1 Å². The second-order valence-corrected chi connectivity index (χ2v) is 10.2. The van der Waals surface area contributed by atoms with E-state index >= 15 is 0 Å². The molecule has 0 aliphatic carbocycles. The lowest BCUT2D eigenvalue weighted by Gasteiger charge is -2.34. The molecule has 0 saturated heterocycles. The van der Waals surface area contributed by atoms with Crippen molar-refractivity contribution in [2.45, 2.75) is 23.3 Å². The fraction of sp³-hybridized carbons (Fsp3) is 0.250. The standard InChI is InChI=1S/C12H4F6I.C4HF9O3S/c13-5-1-7(15)11(8(16)2-5)19-12-9(17)3-6(14)4-10(12)18;5-1(6,3(9,10)11)2(7,8)4(12,13)17(14,15)16/h1-4H;(H,14,15,16)/q+1;/p-1. The number of benzene rings is 2. The summed E-state index contributed by atoms with van der Waals surface area (Å²) in [5.74, 6) is -21.9. The summed E-state index contributed by atoms with van der Waals surface area (Å²) in [4.78, 5) is 0. The van der Waals surface area contributed by atoms with Gasteiger partial charge in [0.2, 0.25) is 0 Å². The van der Waals surface area contributed by atoms with Gasteiger partial charge in [0.15, 0.2) is 33.4 Å². The first kappa shape index (κ1) is 32.1. The van der Waals surface area contributed by atoms with Crippen LogP contribution >= 0.6 is 0 Å². The molecule has 0 spiro atoms. The molecule has 20 heteroatoms. The van der Waals surface area contributed by atoms with E-state index in [9.17, 15) is 78.8 Å². The number of hydrogen-bond acceptors (Lipinski definition) is 3. The van der Waals surface area contributed by atoms with E-state index in [0.29, 0.717) is 24.3 Å². The Balaban J connectivity index is 0.000000363. The van der Waals surface area contributed by atoms with Crippen molar-refractivity contribution in [2.24, 2.45) is 0 Å². The Hall–Kier alpha value is -1.97. The molecule has 0 N–H and O–H groups in total. The van der Waals surface area contributed by atoms with Crippen LogP contribution in [0.2, 0.25) is 0 Å². The van der Waals surface area contributed by atoms with Crippen molar-refractivity contribution in [3.63, 3.8) is 0 Å². The van der Waals surface area contributed by atoms with Crippen LogP contribution in [-0.4, -0.2) is 36.2 Å². The van der Waals surface area contributed by atoms with Crippen molar-refractivity contribution in [3.05, 3.63) is 66.3 Å². The summed E-state index contributed by atoms with van der Waals surface area (Å²) in [5.41, 5.74) is 0. The molecule has 0 saturated carbocycles. The number of hydrogen-bond donors (Lipinski definition) is 0. The zero-order valence-electron chi connectivity index (χ0n) is 16.0. The van der Waals surface area contributed by atoms with Gasteiger partial charge in [0.05, 0.1) is 0 Å². The maximum absolute atomic E-state index is 13.4. The van der Waals surface area contributed by atoms with Gasteiger partial charge in [-0.1, -0.05) is 0 Å². The summed E-state index contributed by atoms with van der Waals surface area (Å²) in [6, 6.07) is 1.71. The van der Waals surface area contributed by atoms with Crippen LogP contribution in [0.25, 0.3) is 0 Å². The molecule has 2 rings (SSSR count). The van der Waals surface area contributed by atoms with E-state index in [-0.39, 0.29) is 0 Å². The molecule has 0 heterocycles. The summed E-state index contributed by atoms with van der Waals surface area (Å²) < 4.78 is 213. The van der Waals surface area contributed by atoms with Crippen molar-refractivity contribution < 1.29 is 100 Å². The lowest BCUT2D eigenvalue weighted by atomic mass is 10.1. The molecule has 0 unspecified atom stereocenters. The Bertz CT molecular complexity index is 1130. The van der Waals surface area contributed by atoms with Crippen molar-refractivity contribution in [1.29, 1.82) is 0 Å². The minimum atomic E-state index is -7.43. The van der Waals surface area contributed by atoms with Gasteiger partial charge in [-0.05, 0) is 0 Å². The summed E-state index contributed by atoms with van der Waals surface area (Å²) in [7, 11) is -7.42. The molecular weight excluding hydrogens is 684 g/mol. The van der Waals surface area contributed by atoms with Crippen LogP contribution in [0, 0.1) is 42.0 Å². The molecule has 0 amide bonds. The number of rotatable bonds is 5. The van der Waals surface area contributed by atoms with Crippen molar-refractivity contribution in [1.82, 2.24) is 0 Å². The van der Waals surface area contributed by atoms with Gasteiger partial charge in [0.1, 0.15) is 11.6 Å². The molecule has 0 bridgehead atoms. The highest BCUT2D eigenvalue weighted by atomic mass is 127. The quantitative estimate of drug-likeness (QED) is 0.160. The molecule has 2 aromatic carbocycles. The average Bonchev–Trinajstić information content (AvgIpc) is 2.64. The normalized spacial score (nSPS) is 13.3. The molecule has 3 nitrogen and oxygen atoms in total. The van der Waals surface area contributed by atoms with Gasteiger partial charge in [0.25, 0.3) is 7.14 Å². The van der Waals surface area contributed by atoms with E-state index in [2.05, 4.69) is 0 Å². The van der Waals surface area contributed by atoms with Crippen LogP contribution in [0.3, 0.4) is 0 Å². The molecular formula is C16H4F15IO3S. The third-order valence-corrected chi connectivity index (χ3v) is 7.54. The Morgan fingerprint density at radius 2 is 0.861 bits per heavy atom. The molecule has 0 aliphatic heterocycles.